The van der Waals surface area contributed by atoms with E-state index < -0.39 is 33.3 Å². The van der Waals surface area contributed by atoms with E-state index in [1.54, 1.807) is 42.5 Å². The summed E-state index contributed by atoms with van der Waals surface area (Å²) in [6, 6.07) is 18.4. The number of anilines is 2. The molecule has 0 spiro atoms. The molecule has 0 fully saturated rings. The summed E-state index contributed by atoms with van der Waals surface area (Å²) in [7, 11) is -3.76. The maximum atomic E-state index is 13.3. The second-order valence-electron chi connectivity index (χ2n) is 7.59. The van der Waals surface area contributed by atoms with Crippen LogP contribution in [0.2, 0.25) is 0 Å². The van der Waals surface area contributed by atoms with Gasteiger partial charge < -0.3 is 10.6 Å². The molecule has 180 valence electrons. The van der Waals surface area contributed by atoms with Gasteiger partial charge in [-0.25, -0.2) is 13.2 Å². The normalized spacial score (nSPS) is 11.7. The average molecular weight is 517 g/mol. The standard InChI is InChI=1S/C25H19F3N2O3S2/c26-25(27,28)21-8-4-5-9-22(21)29-24(31)30-23-14-19(10-11-20(23)18-12-13-34-15-18)35(32,33)16-17-6-2-1-3-7-17/h1-15H,16H2,(H2,29,30,31). The second kappa shape index (κ2) is 9.93. The van der Waals surface area contributed by atoms with Gasteiger partial charge in [0.05, 0.1) is 27.6 Å². The van der Waals surface area contributed by atoms with Crippen LogP contribution in [-0.2, 0) is 21.8 Å². The van der Waals surface area contributed by atoms with Crippen LogP contribution < -0.4 is 10.6 Å². The summed E-state index contributed by atoms with van der Waals surface area (Å²) in [4.78, 5) is 12.7. The fourth-order valence-corrected chi connectivity index (χ4v) is 5.51. The van der Waals surface area contributed by atoms with E-state index in [0.29, 0.717) is 11.1 Å². The Morgan fingerprint density at radius 3 is 2.23 bits per heavy atom. The zero-order chi connectivity index (χ0) is 25.1. The number of sulfone groups is 1. The third-order valence-corrected chi connectivity index (χ3v) is 7.48. The first-order chi connectivity index (χ1) is 16.6. The number of urea groups is 1. The lowest BCUT2D eigenvalue weighted by atomic mass is 10.1. The quantitative estimate of drug-likeness (QED) is 0.288. The van der Waals surface area contributed by atoms with Crippen LogP contribution in [0.3, 0.4) is 0 Å². The van der Waals surface area contributed by atoms with Crippen LogP contribution in [0.15, 0.2) is 94.5 Å². The van der Waals surface area contributed by atoms with E-state index in [0.717, 1.165) is 17.7 Å². The number of para-hydroxylation sites is 1. The SMILES string of the molecule is O=C(Nc1cc(S(=O)(=O)Cc2ccccc2)ccc1-c1ccsc1)Nc1ccccc1C(F)(F)F. The number of alkyl halides is 3. The van der Waals surface area contributed by atoms with Crippen LogP contribution in [0.4, 0.5) is 29.3 Å². The van der Waals surface area contributed by atoms with Gasteiger partial charge in [-0.1, -0.05) is 48.5 Å². The minimum absolute atomic E-state index is 0.0219. The van der Waals surface area contributed by atoms with E-state index >= 15 is 0 Å². The van der Waals surface area contributed by atoms with E-state index in [1.165, 1.54) is 35.6 Å². The highest BCUT2D eigenvalue weighted by Gasteiger charge is 2.33. The van der Waals surface area contributed by atoms with Crippen molar-refractivity contribution in [2.75, 3.05) is 10.6 Å². The Bertz CT molecular complexity index is 1440. The Morgan fingerprint density at radius 1 is 0.857 bits per heavy atom. The number of benzene rings is 3. The maximum absolute atomic E-state index is 13.3. The highest BCUT2D eigenvalue weighted by Crippen LogP contribution is 2.36. The zero-order valence-electron chi connectivity index (χ0n) is 18.0. The van der Waals surface area contributed by atoms with E-state index in [4.69, 9.17) is 0 Å². The highest BCUT2D eigenvalue weighted by atomic mass is 32.2. The number of carbonyl (C=O) groups is 1. The summed E-state index contributed by atoms with van der Waals surface area (Å²) >= 11 is 1.41. The van der Waals surface area contributed by atoms with Gasteiger partial charge in [-0.3, -0.25) is 0 Å². The molecule has 0 aliphatic heterocycles. The number of amides is 2. The van der Waals surface area contributed by atoms with Crippen molar-refractivity contribution in [3.05, 3.63) is 101 Å². The van der Waals surface area contributed by atoms with Gasteiger partial charge in [-0.15, -0.1) is 0 Å². The Morgan fingerprint density at radius 2 is 1.54 bits per heavy atom. The fraction of sp³-hybridized carbons (Fsp3) is 0.0800. The number of hydrogen-bond acceptors (Lipinski definition) is 4. The molecule has 4 rings (SSSR count). The van der Waals surface area contributed by atoms with Crippen molar-refractivity contribution < 1.29 is 26.4 Å². The number of nitrogens with one attached hydrogen (secondary N) is 2. The first kappa shape index (κ1) is 24.5. The van der Waals surface area contributed by atoms with Gasteiger partial charge in [0.1, 0.15) is 0 Å². The lowest BCUT2D eigenvalue weighted by molar-refractivity contribution is -0.136. The molecule has 2 amide bonds. The van der Waals surface area contributed by atoms with Gasteiger partial charge in [0.2, 0.25) is 0 Å². The average Bonchev–Trinajstić information content (AvgIpc) is 3.34. The minimum Gasteiger partial charge on any atom is -0.307 e. The van der Waals surface area contributed by atoms with Crippen molar-refractivity contribution in [3.63, 3.8) is 0 Å². The Kier molecular flexibility index (Phi) is 6.95. The molecule has 0 bridgehead atoms. The number of hydrogen-bond donors (Lipinski definition) is 2. The fourth-order valence-electron chi connectivity index (χ4n) is 3.48. The number of carbonyl (C=O) groups excluding carboxylic acids is 1. The summed E-state index contributed by atoms with van der Waals surface area (Å²) in [5, 5.41) is 8.38. The second-order valence-corrected chi connectivity index (χ2v) is 10.4. The van der Waals surface area contributed by atoms with E-state index in [9.17, 15) is 26.4 Å². The topological polar surface area (TPSA) is 75.3 Å². The molecule has 0 saturated carbocycles. The molecule has 1 aromatic heterocycles. The molecule has 0 aliphatic rings. The first-order valence-electron chi connectivity index (χ1n) is 10.3. The van der Waals surface area contributed by atoms with Crippen molar-refractivity contribution in [2.45, 2.75) is 16.8 Å². The molecule has 1 heterocycles. The van der Waals surface area contributed by atoms with Crippen molar-refractivity contribution in [1.29, 1.82) is 0 Å². The molecule has 35 heavy (non-hydrogen) atoms. The molecule has 0 radical (unpaired) electrons. The largest absolute Gasteiger partial charge is 0.418 e. The third kappa shape index (κ3) is 5.90. The molecule has 0 unspecified atom stereocenters. The first-order valence-corrected chi connectivity index (χ1v) is 12.9. The van der Waals surface area contributed by atoms with Crippen molar-refractivity contribution >= 4 is 38.6 Å². The molecular weight excluding hydrogens is 497 g/mol. The van der Waals surface area contributed by atoms with Crippen LogP contribution >= 0.6 is 11.3 Å². The van der Waals surface area contributed by atoms with Gasteiger partial charge in [-0.05, 0) is 52.2 Å². The summed E-state index contributed by atoms with van der Waals surface area (Å²) in [5.74, 6) is -0.240. The monoisotopic (exact) mass is 516 g/mol. The maximum Gasteiger partial charge on any atom is 0.418 e. The molecule has 2 N–H and O–H groups in total. The number of halogens is 3. The molecule has 5 nitrogen and oxygen atoms in total. The smallest absolute Gasteiger partial charge is 0.307 e. The molecule has 10 heteroatoms. The molecular formula is C25H19F3N2O3S2. The van der Waals surface area contributed by atoms with Gasteiger partial charge >= 0.3 is 12.2 Å². The van der Waals surface area contributed by atoms with Gasteiger partial charge in [0, 0.05) is 5.56 Å². The van der Waals surface area contributed by atoms with Gasteiger partial charge in [-0.2, -0.15) is 24.5 Å². The van der Waals surface area contributed by atoms with Crippen LogP contribution in [-0.4, -0.2) is 14.4 Å². The van der Waals surface area contributed by atoms with E-state index in [2.05, 4.69) is 10.6 Å². The molecule has 3 aromatic carbocycles. The summed E-state index contributed by atoms with van der Waals surface area (Å²) < 4.78 is 66.0. The molecule has 0 aliphatic carbocycles. The van der Waals surface area contributed by atoms with Crippen LogP contribution in [0, 0.1) is 0 Å². The predicted octanol–water partition coefficient (Wildman–Crippen LogP) is 7.05. The Hall–Kier alpha value is -3.63. The van der Waals surface area contributed by atoms with E-state index in [-0.39, 0.29) is 16.3 Å². The molecule has 4 aromatic rings. The van der Waals surface area contributed by atoms with Crippen molar-refractivity contribution in [1.82, 2.24) is 0 Å². The van der Waals surface area contributed by atoms with Gasteiger partial charge in [0.15, 0.2) is 9.84 Å². The zero-order valence-corrected chi connectivity index (χ0v) is 19.7. The summed E-state index contributed by atoms with van der Waals surface area (Å²) in [5.41, 5.74) is 0.608. The number of thiophene rings is 1. The highest BCUT2D eigenvalue weighted by molar-refractivity contribution is 7.90. The Labute approximate surface area is 204 Å². The van der Waals surface area contributed by atoms with Crippen LogP contribution in [0.25, 0.3) is 11.1 Å². The summed E-state index contributed by atoms with van der Waals surface area (Å²) in [6.45, 7) is 0. The van der Waals surface area contributed by atoms with Crippen LogP contribution in [0.5, 0.6) is 0 Å². The predicted molar refractivity (Wildman–Crippen MR) is 131 cm³/mol. The van der Waals surface area contributed by atoms with Crippen molar-refractivity contribution in [3.8, 4) is 11.1 Å². The molecule has 0 atom stereocenters. The minimum atomic E-state index is -4.66. The number of rotatable bonds is 6. The lowest BCUT2D eigenvalue weighted by Crippen LogP contribution is -2.22. The third-order valence-electron chi connectivity index (χ3n) is 5.11. The molecule has 0 saturated heterocycles. The van der Waals surface area contributed by atoms with Gasteiger partial charge in [0.25, 0.3) is 0 Å². The van der Waals surface area contributed by atoms with Crippen LogP contribution in [0.1, 0.15) is 11.1 Å². The lowest BCUT2D eigenvalue weighted by Gasteiger charge is -2.16. The summed E-state index contributed by atoms with van der Waals surface area (Å²) in [6.07, 6.45) is -4.66. The van der Waals surface area contributed by atoms with E-state index in [1.807, 2.05) is 10.8 Å². The Balaban J connectivity index is 1.66. The van der Waals surface area contributed by atoms with Crippen molar-refractivity contribution in [2.24, 2.45) is 0 Å².